The summed E-state index contributed by atoms with van der Waals surface area (Å²) < 4.78 is 0. The van der Waals surface area contributed by atoms with E-state index in [1.54, 1.807) is 5.57 Å². The van der Waals surface area contributed by atoms with Crippen LogP contribution in [-0.2, 0) is 0 Å². The maximum atomic E-state index is 2.47. The second kappa shape index (κ2) is 7.09. The summed E-state index contributed by atoms with van der Waals surface area (Å²) in [5.74, 6) is 2.35. The van der Waals surface area contributed by atoms with Crippen molar-refractivity contribution >= 4 is 0 Å². The molecule has 0 heteroatoms. The lowest BCUT2D eigenvalue weighted by molar-refractivity contribution is 0.554. The largest absolute Gasteiger partial charge is 0.0848 e. The molecule has 0 radical (unpaired) electrons. The van der Waals surface area contributed by atoms with Gasteiger partial charge in [-0.15, -0.1) is 0 Å². The Hall–Kier alpha value is -0.260. The lowest BCUT2D eigenvalue weighted by Crippen LogP contribution is -1.98. The first-order valence-corrected chi connectivity index (χ1v) is 6.12. The first kappa shape index (κ1) is 13.7. The molecule has 0 aliphatic carbocycles. The molecule has 0 heterocycles. The quantitative estimate of drug-likeness (QED) is 0.521. The minimum atomic E-state index is 0.729. The molecular weight excluding hydrogens is 168 g/mol. The lowest BCUT2D eigenvalue weighted by Gasteiger charge is -2.13. The lowest BCUT2D eigenvalue weighted by atomic mass is 9.93. The molecule has 0 saturated carbocycles. The fourth-order valence-electron chi connectivity index (χ4n) is 1.47. The molecule has 14 heavy (non-hydrogen) atoms. The molecule has 0 aliphatic rings. The molecule has 84 valence electrons. The van der Waals surface area contributed by atoms with Crippen molar-refractivity contribution in [3.8, 4) is 0 Å². The molecule has 0 fully saturated rings. The summed E-state index contributed by atoms with van der Waals surface area (Å²) >= 11 is 0. The summed E-state index contributed by atoms with van der Waals surface area (Å²) in [6.07, 6.45) is 6.34. The Bertz CT molecular complexity index is 161. The van der Waals surface area contributed by atoms with Gasteiger partial charge >= 0.3 is 0 Å². The van der Waals surface area contributed by atoms with Gasteiger partial charge in [-0.3, -0.25) is 0 Å². The van der Waals surface area contributed by atoms with Gasteiger partial charge in [-0.25, -0.2) is 0 Å². The van der Waals surface area contributed by atoms with Crippen LogP contribution in [0.5, 0.6) is 0 Å². The normalized spacial score (nSPS) is 13.4. The molecule has 0 spiro atoms. The average molecular weight is 196 g/mol. The third-order valence-corrected chi connectivity index (χ3v) is 2.60. The van der Waals surface area contributed by atoms with Gasteiger partial charge in [-0.2, -0.15) is 0 Å². The molecule has 0 rings (SSSR count). The van der Waals surface area contributed by atoms with E-state index >= 15 is 0 Å². The molecule has 0 N–H and O–H groups in total. The highest BCUT2D eigenvalue weighted by Gasteiger charge is 2.04. The first-order chi connectivity index (χ1) is 6.43. The average Bonchev–Trinajstić information content (AvgIpc) is 2.02. The van der Waals surface area contributed by atoms with E-state index in [1.807, 2.05) is 0 Å². The van der Waals surface area contributed by atoms with Crippen molar-refractivity contribution in [3.05, 3.63) is 11.6 Å². The van der Waals surface area contributed by atoms with Gasteiger partial charge in [0.25, 0.3) is 0 Å². The van der Waals surface area contributed by atoms with Crippen LogP contribution in [0, 0.1) is 17.8 Å². The standard InChI is InChI=1S/C14H28/c1-11(2)7-9-14(13(5)6)10-8-12(3)4/h9,11-13H,7-8,10H2,1-6H3. The Balaban J connectivity index is 4.08. The second-order valence-corrected chi connectivity index (χ2v) is 5.50. The van der Waals surface area contributed by atoms with Gasteiger partial charge in [0, 0.05) is 0 Å². The zero-order valence-electron chi connectivity index (χ0n) is 10.9. The second-order valence-electron chi connectivity index (χ2n) is 5.50. The van der Waals surface area contributed by atoms with Crippen LogP contribution in [0.4, 0.5) is 0 Å². The van der Waals surface area contributed by atoms with Gasteiger partial charge in [-0.05, 0) is 37.0 Å². The van der Waals surface area contributed by atoms with E-state index < -0.39 is 0 Å². The smallest absolute Gasteiger partial charge is 0.0260 e. The van der Waals surface area contributed by atoms with E-state index in [1.165, 1.54) is 19.3 Å². The van der Waals surface area contributed by atoms with Gasteiger partial charge in [0.05, 0.1) is 0 Å². The van der Waals surface area contributed by atoms with E-state index in [-0.39, 0.29) is 0 Å². The highest BCUT2D eigenvalue weighted by atomic mass is 14.1. The highest BCUT2D eigenvalue weighted by Crippen LogP contribution is 2.20. The SMILES string of the molecule is CC(C)CC=C(CCC(C)C)C(C)C. The van der Waals surface area contributed by atoms with E-state index in [0.717, 1.165) is 17.8 Å². The summed E-state index contributed by atoms with van der Waals surface area (Å²) in [5.41, 5.74) is 1.66. The molecule has 0 nitrogen and oxygen atoms in total. The van der Waals surface area contributed by atoms with Crippen LogP contribution in [0.3, 0.4) is 0 Å². The van der Waals surface area contributed by atoms with Crippen molar-refractivity contribution in [2.75, 3.05) is 0 Å². The van der Waals surface area contributed by atoms with Crippen LogP contribution in [0.1, 0.15) is 60.8 Å². The van der Waals surface area contributed by atoms with Crippen molar-refractivity contribution in [1.29, 1.82) is 0 Å². The molecule has 0 aromatic carbocycles. The molecular formula is C14H28. The van der Waals surface area contributed by atoms with Crippen LogP contribution in [0.15, 0.2) is 11.6 Å². The summed E-state index contributed by atoms with van der Waals surface area (Å²) in [4.78, 5) is 0. The molecule has 0 aromatic rings. The zero-order valence-corrected chi connectivity index (χ0v) is 10.9. The third kappa shape index (κ3) is 7.17. The molecule has 0 aromatic heterocycles. The number of allylic oxidation sites excluding steroid dienone is 2. The number of rotatable bonds is 6. The maximum Gasteiger partial charge on any atom is -0.0260 e. The highest BCUT2D eigenvalue weighted by molar-refractivity contribution is 5.05. The molecule has 0 aliphatic heterocycles. The third-order valence-electron chi connectivity index (χ3n) is 2.60. The van der Waals surface area contributed by atoms with Gasteiger partial charge in [-0.1, -0.05) is 53.2 Å². The topological polar surface area (TPSA) is 0 Å². The molecule has 0 amide bonds. The molecule has 0 atom stereocenters. The van der Waals surface area contributed by atoms with Crippen LogP contribution in [-0.4, -0.2) is 0 Å². The Morgan fingerprint density at radius 1 is 0.929 bits per heavy atom. The Kier molecular flexibility index (Phi) is 6.96. The van der Waals surface area contributed by atoms with Crippen molar-refractivity contribution in [2.45, 2.75) is 60.8 Å². The van der Waals surface area contributed by atoms with E-state index in [0.29, 0.717) is 0 Å². The first-order valence-electron chi connectivity index (χ1n) is 6.12. The molecule has 0 saturated heterocycles. The number of hydrogen-bond acceptors (Lipinski definition) is 0. The van der Waals surface area contributed by atoms with Gasteiger partial charge in [0.1, 0.15) is 0 Å². The van der Waals surface area contributed by atoms with Crippen molar-refractivity contribution in [3.63, 3.8) is 0 Å². The minimum absolute atomic E-state index is 0.729. The fourth-order valence-corrected chi connectivity index (χ4v) is 1.47. The number of hydrogen-bond donors (Lipinski definition) is 0. The van der Waals surface area contributed by atoms with Gasteiger partial charge < -0.3 is 0 Å². The molecule has 0 bridgehead atoms. The Labute approximate surface area is 90.8 Å². The van der Waals surface area contributed by atoms with Crippen LogP contribution < -0.4 is 0 Å². The monoisotopic (exact) mass is 196 g/mol. The van der Waals surface area contributed by atoms with E-state index in [2.05, 4.69) is 47.6 Å². The summed E-state index contributed by atoms with van der Waals surface area (Å²) in [7, 11) is 0. The van der Waals surface area contributed by atoms with Crippen molar-refractivity contribution in [1.82, 2.24) is 0 Å². The van der Waals surface area contributed by atoms with Crippen molar-refractivity contribution < 1.29 is 0 Å². The van der Waals surface area contributed by atoms with E-state index in [9.17, 15) is 0 Å². The van der Waals surface area contributed by atoms with E-state index in [4.69, 9.17) is 0 Å². The van der Waals surface area contributed by atoms with Crippen LogP contribution in [0.2, 0.25) is 0 Å². The minimum Gasteiger partial charge on any atom is -0.0848 e. The van der Waals surface area contributed by atoms with Gasteiger partial charge in [0.15, 0.2) is 0 Å². The van der Waals surface area contributed by atoms with Crippen LogP contribution >= 0.6 is 0 Å². The van der Waals surface area contributed by atoms with Crippen LogP contribution in [0.25, 0.3) is 0 Å². The Morgan fingerprint density at radius 2 is 1.50 bits per heavy atom. The summed E-state index contributed by atoms with van der Waals surface area (Å²) in [6, 6.07) is 0. The van der Waals surface area contributed by atoms with Gasteiger partial charge in [0.2, 0.25) is 0 Å². The Morgan fingerprint density at radius 3 is 1.86 bits per heavy atom. The predicted molar refractivity (Wildman–Crippen MR) is 66.4 cm³/mol. The summed E-state index contributed by atoms with van der Waals surface area (Å²) in [5, 5.41) is 0. The zero-order chi connectivity index (χ0) is 11.1. The van der Waals surface area contributed by atoms with Crippen molar-refractivity contribution in [2.24, 2.45) is 17.8 Å². The maximum absolute atomic E-state index is 2.47. The fraction of sp³-hybridized carbons (Fsp3) is 0.857. The molecule has 0 unspecified atom stereocenters. The summed E-state index contributed by atoms with van der Waals surface area (Å²) in [6.45, 7) is 13.8. The predicted octanol–water partition coefficient (Wildman–Crippen LogP) is 5.05.